The molecule has 2 fully saturated rings. The third-order valence-corrected chi connectivity index (χ3v) is 6.59. The molecule has 2 aromatic rings. The summed E-state index contributed by atoms with van der Waals surface area (Å²) in [7, 11) is 0. The Morgan fingerprint density at radius 3 is 2.34 bits per heavy atom. The molecule has 1 unspecified atom stereocenters. The van der Waals surface area contributed by atoms with Gasteiger partial charge in [0, 0.05) is 38.0 Å². The van der Waals surface area contributed by atoms with E-state index in [2.05, 4.69) is 0 Å². The van der Waals surface area contributed by atoms with Crippen LogP contribution in [0.1, 0.15) is 35.2 Å². The number of para-hydroxylation sites is 1. The molecule has 0 N–H and O–H groups in total. The van der Waals surface area contributed by atoms with Crippen LogP contribution in [0.5, 0.6) is 5.75 Å². The Labute approximate surface area is 202 Å². The van der Waals surface area contributed by atoms with E-state index in [9.17, 15) is 22.8 Å². The van der Waals surface area contributed by atoms with Crippen LogP contribution in [-0.2, 0) is 15.7 Å². The maximum atomic E-state index is 13.6. The zero-order valence-corrected chi connectivity index (χ0v) is 19.4. The van der Waals surface area contributed by atoms with Crippen molar-refractivity contribution < 1.29 is 32.2 Å². The molecular formula is C26H29F3N2O4. The van der Waals surface area contributed by atoms with E-state index in [0.29, 0.717) is 51.4 Å². The number of hydrogen-bond acceptors (Lipinski definition) is 4. The number of morpholine rings is 1. The van der Waals surface area contributed by atoms with Crippen molar-refractivity contribution in [2.45, 2.75) is 25.4 Å². The second-order valence-electron chi connectivity index (χ2n) is 9.15. The average molecular weight is 491 g/mol. The number of ether oxygens (including phenoxy) is 2. The van der Waals surface area contributed by atoms with Crippen LogP contribution >= 0.6 is 0 Å². The smallest absolute Gasteiger partial charge is 0.417 e. The van der Waals surface area contributed by atoms with Gasteiger partial charge >= 0.3 is 6.18 Å². The third-order valence-electron chi connectivity index (χ3n) is 6.59. The molecule has 4 rings (SSSR count). The monoisotopic (exact) mass is 490 g/mol. The number of likely N-dealkylation sites (tertiary alicyclic amines) is 1. The lowest BCUT2D eigenvalue weighted by Gasteiger charge is -2.43. The first-order chi connectivity index (χ1) is 16.8. The Balaban J connectivity index is 1.57. The first kappa shape index (κ1) is 25.0. The first-order valence-electron chi connectivity index (χ1n) is 11.8. The van der Waals surface area contributed by atoms with Crippen molar-refractivity contribution in [1.82, 2.24) is 9.80 Å². The van der Waals surface area contributed by atoms with Crippen molar-refractivity contribution >= 4 is 11.8 Å². The second kappa shape index (κ2) is 10.7. The van der Waals surface area contributed by atoms with Gasteiger partial charge in [-0.05, 0) is 37.1 Å². The summed E-state index contributed by atoms with van der Waals surface area (Å²) >= 11 is 0. The SMILES string of the molecule is O=C(CC1(COc2ccccc2)CCCN(C(=O)c2ccccc2C(F)(F)F)C1)N1CCOCC1. The highest BCUT2D eigenvalue weighted by Crippen LogP contribution is 2.37. The van der Waals surface area contributed by atoms with Crippen molar-refractivity contribution in [3.05, 3.63) is 65.7 Å². The van der Waals surface area contributed by atoms with Gasteiger partial charge in [-0.1, -0.05) is 30.3 Å². The summed E-state index contributed by atoms with van der Waals surface area (Å²) in [6, 6.07) is 14.0. The van der Waals surface area contributed by atoms with Crippen LogP contribution in [0.3, 0.4) is 0 Å². The molecule has 0 aromatic heterocycles. The summed E-state index contributed by atoms with van der Waals surface area (Å²) in [6.45, 7) is 2.57. The molecule has 0 aliphatic carbocycles. The zero-order valence-electron chi connectivity index (χ0n) is 19.4. The number of amides is 2. The Morgan fingerprint density at radius 1 is 0.943 bits per heavy atom. The fraction of sp³-hybridized carbons (Fsp3) is 0.462. The quantitative estimate of drug-likeness (QED) is 0.608. The van der Waals surface area contributed by atoms with Crippen LogP contribution < -0.4 is 4.74 Å². The predicted molar refractivity (Wildman–Crippen MR) is 123 cm³/mol. The summed E-state index contributed by atoms with van der Waals surface area (Å²) in [4.78, 5) is 29.7. The van der Waals surface area contributed by atoms with Gasteiger partial charge in [-0.25, -0.2) is 0 Å². The summed E-state index contributed by atoms with van der Waals surface area (Å²) in [6.07, 6.45) is -3.30. The highest BCUT2D eigenvalue weighted by atomic mass is 19.4. The van der Waals surface area contributed by atoms with Crippen LogP contribution in [0.15, 0.2) is 54.6 Å². The molecule has 2 aliphatic rings. The molecular weight excluding hydrogens is 461 g/mol. The molecule has 2 aliphatic heterocycles. The number of hydrogen-bond donors (Lipinski definition) is 0. The molecule has 2 amide bonds. The average Bonchev–Trinajstić information content (AvgIpc) is 2.88. The molecule has 2 aromatic carbocycles. The number of carbonyl (C=O) groups is 2. The van der Waals surface area contributed by atoms with Crippen LogP contribution in [0, 0.1) is 5.41 Å². The van der Waals surface area contributed by atoms with E-state index in [4.69, 9.17) is 9.47 Å². The zero-order chi connectivity index (χ0) is 24.9. The van der Waals surface area contributed by atoms with E-state index in [1.54, 1.807) is 4.90 Å². The van der Waals surface area contributed by atoms with Gasteiger partial charge in [-0.15, -0.1) is 0 Å². The van der Waals surface area contributed by atoms with E-state index in [1.165, 1.54) is 23.1 Å². The van der Waals surface area contributed by atoms with Gasteiger partial charge in [-0.2, -0.15) is 13.2 Å². The molecule has 9 heteroatoms. The predicted octanol–water partition coefficient (Wildman–Crippen LogP) is 4.26. The van der Waals surface area contributed by atoms with Crippen molar-refractivity contribution in [2.75, 3.05) is 46.0 Å². The molecule has 35 heavy (non-hydrogen) atoms. The second-order valence-corrected chi connectivity index (χ2v) is 9.15. The number of benzene rings is 2. The van der Waals surface area contributed by atoms with Gasteiger partial charge in [0.25, 0.3) is 5.91 Å². The standard InChI is InChI=1S/C26H29F3N2O4/c27-26(28,29)22-10-5-4-9-21(22)24(33)31-12-6-11-25(18-31,19-35-20-7-2-1-3-8-20)17-23(32)30-13-15-34-16-14-30/h1-5,7-10H,6,11-19H2. The number of alkyl halides is 3. The Kier molecular flexibility index (Phi) is 7.64. The normalized spacial score (nSPS) is 21.0. The molecule has 0 saturated carbocycles. The summed E-state index contributed by atoms with van der Waals surface area (Å²) in [5.41, 5.74) is -2.04. The lowest BCUT2D eigenvalue weighted by Crippen LogP contribution is -2.52. The van der Waals surface area contributed by atoms with E-state index < -0.39 is 23.1 Å². The topological polar surface area (TPSA) is 59.1 Å². The molecule has 0 bridgehead atoms. The van der Waals surface area contributed by atoms with E-state index >= 15 is 0 Å². The molecule has 2 saturated heterocycles. The minimum atomic E-state index is -4.64. The molecule has 0 radical (unpaired) electrons. The van der Waals surface area contributed by atoms with Crippen molar-refractivity contribution in [2.24, 2.45) is 5.41 Å². The van der Waals surface area contributed by atoms with Gasteiger partial charge < -0.3 is 19.3 Å². The minimum absolute atomic E-state index is 0.0602. The summed E-state index contributed by atoms with van der Waals surface area (Å²) < 4.78 is 52.1. The van der Waals surface area contributed by atoms with Gasteiger partial charge in [0.05, 0.1) is 30.9 Å². The molecule has 1 atom stereocenters. The lowest BCUT2D eigenvalue weighted by atomic mass is 9.77. The third kappa shape index (κ3) is 6.14. The van der Waals surface area contributed by atoms with Gasteiger partial charge in [0.1, 0.15) is 5.75 Å². The summed E-state index contributed by atoms with van der Waals surface area (Å²) in [5.74, 6) is -0.105. The fourth-order valence-electron chi connectivity index (χ4n) is 4.78. The van der Waals surface area contributed by atoms with Crippen molar-refractivity contribution in [1.29, 1.82) is 0 Å². The van der Waals surface area contributed by atoms with Crippen LogP contribution in [0.4, 0.5) is 13.2 Å². The first-order valence-corrected chi connectivity index (χ1v) is 11.8. The minimum Gasteiger partial charge on any atom is -0.493 e. The number of piperidine rings is 1. The highest BCUT2D eigenvalue weighted by Gasteiger charge is 2.43. The van der Waals surface area contributed by atoms with Gasteiger partial charge in [0.2, 0.25) is 5.91 Å². The van der Waals surface area contributed by atoms with Crippen molar-refractivity contribution in [3.8, 4) is 5.75 Å². The maximum Gasteiger partial charge on any atom is 0.417 e. The van der Waals surface area contributed by atoms with Crippen LogP contribution in [-0.4, -0.2) is 67.6 Å². The molecule has 188 valence electrons. The van der Waals surface area contributed by atoms with Crippen LogP contribution in [0.2, 0.25) is 0 Å². The number of nitrogens with zero attached hydrogens (tertiary/aromatic N) is 2. The van der Waals surface area contributed by atoms with Gasteiger partial charge in [-0.3, -0.25) is 9.59 Å². The fourth-order valence-corrected chi connectivity index (χ4v) is 4.78. The van der Waals surface area contributed by atoms with Crippen LogP contribution in [0.25, 0.3) is 0 Å². The van der Waals surface area contributed by atoms with Gasteiger partial charge in [0.15, 0.2) is 0 Å². The Morgan fingerprint density at radius 2 is 1.63 bits per heavy atom. The molecule has 2 heterocycles. The van der Waals surface area contributed by atoms with Crippen molar-refractivity contribution in [3.63, 3.8) is 0 Å². The number of halogens is 3. The largest absolute Gasteiger partial charge is 0.493 e. The Bertz CT molecular complexity index is 1020. The van der Waals surface area contributed by atoms with E-state index in [-0.39, 0.29) is 31.0 Å². The molecule has 6 nitrogen and oxygen atoms in total. The number of carbonyl (C=O) groups excluding carboxylic acids is 2. The highest BCUT2D eigenvalue weighted by molar-refractivity contribution is 5.96. The lowest BCUT2D eigenvalue weighted by molar-refractivity contribution is -0.139. The Hall–Kier alpha value is -3.07. The molecule has 0 spiro atoms. The number of rotatable bonds is 6. The van der Waals surface area contributed by atoms with E-state index in [1.807, 2.05) is 30.3 Å². The summed E-state index contributed by atoms with van der Waals surface area (Å²) in [5, 5.41) is 0. The maximum absolute atomic E-state index is 13.6. The van der Waals surface area contributed by atoms with E-state index in [0.717, 1.165) is 6.07 Å².